The van der Waals surface area contributed by atoms with Crippen LogP contribution in [0, 0.1) is 0 Å². The van der Waals surface area contributed by atoms with Gasteiger partial charge in [0.1, 0.15) is 5.76 Å². The number of sulfonamides is 1. The molecule has 0 bridgehead atoms. The third-order valence-corrected chi connectivity index (χ3v) is 8.86. The van der Waals surface area contributed by atoms with E-state index in [1.165, 1.54) is 4.31 Å². The lowest BCUT2D eigenvalue weighted by Gasteiger charge is -2.27. The van der Waals surface area contributed by atoms with Crippen molar-refractivity contribution in [2.75, 3.05) is 27.3 Å². The fourth-order valence-corrected chi connectivity index (χ4v) is 6.32. The van der Waals surface area contributed by atoms with Crippen molar-refractivity contribution in [1.82, 2.24) is 9.21 Å². The predicted molar refractivity (Wildman–Crippen MR) is 148 cm³/mol. The molecule has 0 saturated heterocycles. The van der Waals surface area contributed by atoms with Crippen LogP contribution in [0.3, 0.4) is 0 Å². The number of methoxy groups -OCH3 is 2. The summed E-state index contributed by atoms with van der Waals surface area (Å²) < 4.78 is 45.1. The van der Waals surface area contributed by atoms with Gasteiger partial charge in [-0.1, -0.05) is 36.4 Å². The number of hydrogen-bond donors (Lipinski definition) is 0. The molecule has 1 aliphatic carbocycles. The van der Waals surface area contributed by atoms with Crippen LogP contribution in [-0.4, -0.2) is 56.9 Å². The zero-order chi connectivity index (χ0) is 27.4. The van der Waals surface area contributed by atoms with Crippen molar-refractivity contribution in [2.45, 2.75) is 36.7 Å². The second-order valence-corrected chi connectivity index (χ2v) is 11.5. The zero-order valence-corrected chi connectivity index (χ0v) is 22.9. The quantitative estimate of drug-likeness (QED) is 0.251. The Morgan fingerprint density at radius 3 is 2.38 bits per heavy atom. The Bertz CT molecular complexity index is 1550. The standard InChI is InChI=1S/C30H32N2O6S/c1-36-28-14-9-22(18-29(28)37-2)15-16-31(20-26-8-5-17-38-26)30(33)21-32(25-11-12-25)39(34,35)27-13-10-23-6-3-4-7-24(23)19-27/h3-10,13-14,17-19,25H,11-12,15-16,20-21H2,1-2H3. The van der Waals surface area contributed by atoms with E-state index in [2.05, 4.69) is 0 Å². The first-order valence-corrected chi connectivity index (χ1v) is 14.3. The van der Waals surface area contributed by atoms with E-state index in [0.717, 1.165) is 29.2 Å². The fourth-order valence-electron chi connectivity index (χ4n) is 4.65. The van der Waals surface area contributed by atoms with E-state index in [0.29, 0.717) is 30.2 Å². The maximum absolute atomic E-state index is 13.8. The lowest BCUT2D eigenvalue weighted by molar-refractivity contribution is -0.132. The maximum Gasteiger partial charge on any atom is 0.243 e. The average Bonchev–Trinajstić information content (AvgIpc) is 3.67. The minimum atomic E-state index is -3.87. The maximum atomic E-state index is 13.8. The normalized spacial score (nSPS) is 13.5. The van der Waals surface area contributed by atoms with Gasteiger partial charge in [-0.25, -0.2) is 8.42 Å². The summed E-state index contributed by atoms with van der Waals surface area (Å²) in [5, 5.41) is 1.81. The molecular formula is C30H32N2O6S. The van der Waals surface area contributed by atoms with Crippen molar-refractivity contribution < 1.29 is 27.1 Å². The smallest absolute Gasteiger partial charge is 0.243 e. The number of ether oxygens (including phenoxy) is 2. The summed E-state index contributed by atoms with van der Waals surface area (Å²) in [6.45, 7) is 0.393. The van der Waals surface area contributed by atoms with Gasteiger partial charge in [0.05, 0.1) is 38.5 Å². The second kappa shape index (κ2) is 11.5. The minimum Gasteiger partial charge on any atom is -0.493 e. The first kappa shape index (κ1) is 26.8. The molecule has 0 unspecified atom stereocenters. The molecule has 0 N–H and O–H groups in total. The SMILES string of the molecule is COc1ccc(CCN(Cc2ccco2)C(=O)CN(C2CC2)S(=O)(=O)c2ccc3ccccc3c2)cc1OC. The largest absolute Gasteiger partial charge is 0.493 e. The molecule has 1 heterocycles. The van der Waals surface area contributed by atoms with Gasteiger partial charge in [-0.15, -0.1) is 0 Å². The highest BCUT2D eigenvalue weighted by molar-refractivity contribution is 7.89. The zero-order valence-electron chi connectivity index (χ0n) is 22.1. The van der Waals surface area contributed by atoms with E-state index in [1.54, 1.807) is 55.7 Å². The van der Waals surface area contributed by atoms with Crippen LogP contribution in [-0.2, 0) is 27.8 Å². The van der Waals surface area contributed by atoms with Crippen molar-refractivity contribution >= 4 is 26.7 Å². The number of hydrogen-bond acceptors (Lipinski definition) is 6. The molecule has 1 aliphatic rings. The lowest BCUT2D eigenvalue weighted by Crippen LogP contribution is -2.44. The first-order chi connectivity index (χ1) is 18.9. The molecule has 4 aromatic rings. The van der Waals surface area contributed by atoms with Crippen molar-refractivity contribution in [3.63, 3.8) is 0 Å². The third-order valence-electron chi connectivity index (χ3n) is 6.97. The summed E-state index contributed by atoms with van der Waals surface area (Å²) in [5.41, 5.74) is 0.965. The molecule has 0 atom stereocenters. The van der Waals surface area contributed by atoms with Gasteiger partial charge < -0.3 is 18.8 Å². The molecule has 1 fully saturated rings. The molecular weight excluding hydrogens is 516 g/mol. The Balaban J connectivity index is 1.37. The van der Waals surface area contributed by atoms with E-state index in [9.17, 15) is 13.2 Å². The molecule has 3 aromatic carbocycles. The average molecular weight is 549 g/mol. The van der Waals surface area contributed by atoms with Crippen molar-refractivity contribution in [3.05, 3.63) is 90.4 Å². The summed E-state index contributed by atoms with van der Waals surface area (Å²) in [6.07, 6.45) is 3.59. The molecule has 204 valence electrons. The van der Waals surface area contributed by atoms with Gasteiger partial charge in [-0.2, -0.15) is 4.31 Å². The molecule has 39 heavy (non-hydrogen) atoms. The fraction of sp³-hybridized carbons (Fsp3) is 0.300. The van der Waals surface area contributed by atoms with Crippen LogP contribution in [0.25, 0.3) is 10.8 Å². The Morgan fingerprint density at radius 2 is 1.69 bits per heavy atom. The minimum absolute atomic E-state index is 0.179. The highest BCUT2D eigenvalue weighted by atomic mass is 32.2. The topological polar surface area (TPSA) is 89.3 Å². The molecule has 1 saturated carbocycles. The van der Waals surface area contributed by atoms with E-state index in [-0.39, 0.29) is 29.9 Å². The monoisotopic (exact) mass is 548 g/mol. The number of benzene rings is 3. The van der Waals surface area contributed by atoms with Crippen molar-refractivity contribution in [2.24, 2.45) is 0 Å². The van der Waals surface area contributed by atoms with E-state index in [1.807, 2.05) is 42.5 Å². The molecule has 1 amide bonds. The van der Waals surface area contributed by atoms with Gasteiger partial charge in [0.15, 0.2) is 11.5 Å². The van der Waals surface area contributed by atoms with E-state index in [4.69, 9.17) is 13.9 Å². The molecule has 0 radical (unpaired) electrons. The van der Waals surface area contributed by atoms with E-state index < -0.39 is 10.0 Å². The van der Waals surface area contributed by atoms with Gasteiger partial charge >= 0.3 is 0 Å². The van der Waals surface area contributed by atoms with Crippen LogP contribution in [0.15, 0.2) is 88.4 Å². The summed E-state index contributed by atoms with van der Waals surface area (Å²) in [7, 11) is -0.709. The van der Waals surface area contributed by atoms with Crippen LogP contribution < -0.4 is 9.47 Å². The number of carbonyl (C=O) groups is 1. The molecule has 5 rings (SSSR count). The number of nitrogens with zero attached hydrogens (tertiary/aromatic N) is 2. The van der Waals surface area contributed by atoms with Crippen LogP contribution >= 0.6 is 0 Å². The van der Waals surface area contributed by atoms with Crippen LogP contribution in [0.5, 0.6) is 11.5 Å². The predicted octanol–water partition coefficient (Wildman–Crippen LogP) is 4.87. The Labute approximate surface area is 228 Å². The highest BCUT2D eigenvalue weighted by Gasteiger charge is 2.40. The summed E-state index contributed by atoms with van der Waals surface area (Å²) in [4.78, 5) is 15.5. The molecule has 9 heteroatoms. The number of fused-ring (bicyclic) bond motifs is 1. The van der Waals surface area contributed by atoms with Gasteiger partial charge in [-0.05, 0) is 72.0 Å². The summed E-state index contributed by atoms with van der Waals surface area (Å²) in [5.74, 6) is 1.60. The summed E-state index contributed by atoms with van der Waals surface area (Å²) in [6, 6.07) is 21.8. The van der Waals surface area contributed by atoms with Gasteiger partial charge in [-0.3, -0.25) is 4.79 Å². The molecule has 1 aromatic heterocycles. The number of amides is 1. The molecule has 0 spiro atoms. The second-order valence-electron chi connectivity index (χ2n) is 9.62. The van der Waals surface area contributed by atoms with Crippen LogP contribution in [0.4, 0.5) is 0 Å². The number of furan rings is 1. The van der Waals surface area contributed by atoms with Crippen LogP contribution in [0.1, 0.15) is 24.2 Å². The van der Waals surface area contributed by atoms with Gasteiger partial charge in [0.2, 0.25) is 15.9 Å². The van der Waals surface area contributed by atoms with Gasteiger partial charge in [0.25, 0.3) is 0 Å². The lowest BCUT2D eigenvalue weighted by atomic mass is 10.1. The van der Waals surface area contributed by atoms with Crippen LogP contribution in [0.2, 0.25) is 0 Å². The molecule has 8 nitrogen and oxygen atoms in total. The van der Waals surface area contributed by atoms with E-state index >= 15 is 0 Å². The Kier molecular flexibility index (Phi) is 7.90. The highest BCUT2D eigenvalue weighted by Crippen LogP contribution is 2.33. The first-order valence-electron chi connectivity index (χ1n) is 12.9. The van der Waals surface area contributed by atoms with Crippen molar-refractivity contribution in [1.29, 1.82) is 0 Å². The number of rotatable bonds is 12. The van der Waals surface area contributed by atoms with Gasteiger partial charge in [0, 0.05) is 12.6 Å². The number of carbonyl (C=O) groups excluding carboxylic acids is 1. The summed E-state index contributed by atoms with van der Waals surface area (Å²) >= 11 is 0. The van der Waals surface area contributed by atoms with Crippen molar-refractivity contribution in [3.8, 4) is 11.5 Å². The third kappa shape index (κ3) is 6.10. The Morgan fingerprint density at radius 1 is 0.923 bits per heavy atom. The molecule has 0 aliphatic heterocycles. The Hall–Kier alpha value is -3.82.